The molecule has 0 heterocycles. The fourth-order valence-electron chi connectivity index (χ4n) is 3.40. The topological polar surface area (TPSA) is 117 Å². The lowest BCUT2D eigenvalue weighted by atomic mass is 10.0. The molecule has 2 rings (SSSR count). The third-order valence-electron chi connectivity index (χ3n) is 5.09. The molecule has 9 heteroatoms. The largest absolute Gasteiger partial charge is 0.497 e. The third kappa shape index (κ3) is 8.13. The van der Waals surface area contributed by atoms with Gasteiger partial charge in [-0.3, -0.25) is 9.59 Å². The minimum atomic E-state index is -1.33. The van der Waals surface area contributed by atoms with Crippen molar-refractivity contribution >= 4 is 23.6 Å². The Morgan fingerprint density at radius 3 is 2.19 bits per heavy atom. The number of hydrogen-bond acceptors (Lipinski definition) is 6. The smallest absolute Gasteiger partial charge is 0.408 e. The first-order valence-corrected chi connectivity index (χ1v) is 11.5. The first-order chi connectivity index (χ1) is 17.0. The fourth-order valence-corrected chi connectivity index (χ4v) is 3.40. The molecular formula is C27H35N3O6. The van der Waals surface area contributed by atoms with Gasteiger partial charge in [0.1, 0.15) is 23.4 Å². The summed E-state index contributed by atoms with van der Waals surface area (Å²) in [7, 11) is 1.54. The van der Waals surface area contributed by atoms with E-state index in [2.05, 4.69) is 17.2 Å². The van der Waals surface area contributed by atoms with Crippen LogP contribution in [0.5, 0.6) is 5.75 Å². The van der Waals surface area contributed by atoms with Crippen LogP contribution in [-0.4, -0.2) is 59.8 Å². The second-order valence-electron chi connectivity index (χ2n) is 9.19. The first-order valence-electron chi connectivity index (χ1n) is 11.5. The second-order valence-corrected chi connectivity index (χ2v) is 9.19. The number of benzene rings is 2. The lowest BCUT2D eigenvalue weighted by Crippen LogP contribution is -2.53. The number of anilines is 1. The average molecular weight is 498 g/mol. The van der Waals surface area contributed by atoms with Crippen molar-refractivity contribution in [3.8, 4) is 5.75 Å². The van der Waals surface area contributed by atoms with E-state index in [1.807, 2.05) is 19.1 Å². The quantitative estimate of drug-likeness (QED) is 0.432. The van der Waals surface area contributed by atoms with Crippen molar-refractivity contribution in [3.05, 3.63) is 72.3 Å². The number of nitrogens with one attached hydrogen (secondary N) is 2. The number of hydrogen-bond donors (Lipinski definition) is 3. The summed E-state index contributed by atoms with van der Waals surface area (Å²) in [5.41, 5.74) is 1.25. The Bertz CT molecular complexity index is 1040. The molecule has 3 amide bonds. The van der Waals surface area contributed by atoms with Crippen LogP contribution in [0.1, 0.15) is 37.9 Å². The Labute approximate surface area is 212 Å². The summed E-state index contributed by atoms with van der Waals surface area (Å²) < 4.78 is 10.4. The van der Waals surface area contributed by atoms with E-state index in [1.54, 1.807) is 64.3 Å². The van der Waals surface area contributed by atoms with Crippen LogP contribution in [0.4, 0.5) is 10.5 Å². The summed E-state index contributed by atoms with van der Waals surface area (Å²) in [4.78, 5) is 40.6. The van der Waals surface area contributed by atoms with Crippen molar-refractivity contribution in [2.75, 3.05) is 25.6 Å². The van der Waals surface area contributed by atoms with Crippen LogP contribution in [0.15, 0.2) is 61.2 Å². The van der Waals surface area contributed by atoms with E-state index in [9.17, 15) is 19.5 Å². The zero-order chi connectivity index (χ0) is 26.9. The van der Waals surface area contributed by atoms with Crippen LogP contribution in [0.25, 0.3) is 0 Å². The highest BCUT2D eigenvalue weighted by atomic mass is 16.6. The zero-order valence-corrected chi connectivity index (χ0v) is 21.4. The SMILES string of the molecule is C=CCN(C(=O)C(CO)NC(=O)OC(C)(C)C)C(C(=O)Nc1ccc(OC)cc1)c1ccc(C)cc1. The highest BCUT2D eigenvalue weighted by Gasteiger charge is 2.35. The summed E-state index contributed by atoms with van der Waals surface area (Å²) in [5.74, 6) is -0.516. The number of ether oxygens (including phenoxy) is 2. The summed E-state index contributed by atoms with van der Waals surface area (Å²) in [6.45, 7) is 9.98. The van der Waals surface area contributed by atoms with Gasteiger partial charge in [-0.25, -0.2) is 4.79 Å². The molecule has 0 radical (unpaired) electrons. The van der Waals surface area contributed by atoms with Gasteiger partial charge in [0, 0.05) is 12.2 Å². The van der Waals surface area contributed by atoms with E-state index in [1.165, 1.54) is 11.0 Å². The van der Waals surface area contributed by atoms with Crippen LogP contribution in [0, 0.1) is 6.92 Å². The van der Waals surface area contributed by atoms with Gasteiger partial charge in [0.25, 0.3) is 5.91 Å². The summed E-state index contributed by atoms with van der Waals surface area (Å²) in [5, 5.41) is 15.1. The lowest BCUT2D eigenvalue weighted by Gasteiger charge is -2.33. The van der Waals surface area contributed by atoms with Crippen molar-refractivity contribution < 1.29 is 29.0 Å². The molecule has 194 valence electrons. The van der Waals surface area contributed by atoms with Crippen LogP contribution in [0.3, 0.4) is 0 Å². The maximum absolute atomic E-state index is 13.5. The van der Waals surface area contributed by atoms with Crippen LogP contribution in [0.2, 0.25) is 0 Å². The number of carbonyl (C=O) groups excluding carboxylic acids is 3. The van der Waals surface area contributed by atoms with Gasteiger partial charge in [0.15, 0.2) is 0 Å². The van der Waals surface area contributed by atoms with Crippen LogP contribution >= 0.6 is 0 Å². The molecule has 2 unspecified atom stereocenters. The third-order valence-corrected chi connectivity index (χ3v) is 5.09. The Morgan fingerprint density at radius 2 is 1.69 bits per heavy atom. The number of amides is 3. The average Bonchev–Trinajstić information content (AvgIpc) is 2.82. The molecule has 0 aromatic heterocycles. The van der Waals surface area contributed by atoms with Gasteiger partial charge in [0.05, 0.1) is 13.7 Å². The normalized spacial score (nSPS) is 12.6. The number of aryl methyl sites for hydroxylation is 1. The molecule has 36 heavy (non-hydrogen) atoms. The Hall–Kier alpha value is -3.85. The molecule has 2 atom stereocenters. The predicted molar refractivity (Wildman–Crippen MR) is 138 cm³/mol. The molecule has 0 aliphatic rings. The first kappa shape index (κ1) is 28.4. The van der Waals surface area contributed by atoms with E-state index >= 15 is 0 Å². The molecule has 0 spiro atoms. The maximum Gasteiger partial charge on any atom is 0.408 e. The maximum atomic E-state index is 13.5. The summed E-state index contributed by atoms with van der Waals surface area (Å²) in [6.07, 6.45) is 0.616. The Morgan fingerprint density at radius 1 is 1.08 bits per heavy atom. The van der Waals surface area contributed by atoms with Crippen molar-refractivity contribution in [2.45, 2.75) is 45.4 Å². The van der Waals surface area contributed by atoms with Crippen LogP contribution in [-0.2, 0) is 14.3 Å². The monoisotopic (exact) mass is 497 g/mol. The Kier molecular flexibility index (Phi) is 10.0. The van der Waals surface area contributed by atoms with Gasteiger partial charge in [-0.2, -0.15) is 0 Å². The number of aliphatic hydroxyl groups is 1. The number of rotatable bonds is 10. The second kappa shape index (κ2) is 12.7. The summed E-state index contributed by atoms with van der Waals surface area (Å²) in [6, 6.07) is 11.6. The molecular weight excluding hydrogens is 462 g/mol. The zero-order valence-electron chi connectivity index (χ0n) is 21.4. The van der Waals surface area contributed by atoms with Crippen molar-refractivity contribution in [1.82, 2.24) is 10.2 Å². The minimum Gasteiger partial charge on any atom is -0.497 e. The molecule has 0 saturated carbocycles. The van der Waals surface area contributed by atoms with Crippen molar-refractivity contribution in [1.29, 1.82) is 0 Å². The number of carbonyl (C=O) groups is 3. The van der Waals surface area contributed by atoms with Gasteiger partial charge in [0.2, 0.25) is 5.91 Å². The molecule has 0 aliphatic heterocycles. The Balaban J connectivity index is 2.41. The van der Waals surface area contributed by atoms with Gasteiger partial charge in [-0.1, -0.05) is 35.9 Å². The number of alkyl carbamates (subject to hydrolysis) is 1. The van der Waals surface area contributed by atoms with Gasteiger partial charge in [-0.15, -0.1) is 6.58 Å². The van der Waals surface area contributed by atoms with E-state index in [4.69, 9.17) is 9.47 Å². The molecule has 0 saturated heterocycles. The fraction of sp³-hybridized carbons (Fsp3) is 0.370. The summed E-state index contributed by atoms with van der Waals surface area (Å²) >= 11 is 0. The number of nitrogens with zero attached hydrogens (tertiary/aromatic N) is 1. The highest BCUT2D eigenvalue weighted by Crippen LogP contribution is 2.25. The molecule has 2 aromatic rings. The molecule has 0 fully saturated rings. The molecule has 3 N–H and O–H groups in total. The predicted octanol–water partition coefficient (Wildman–Crippen LogP) is 3.58. The molecule has 2 aromatic carbocycles. The molecule has 0 aliphatic carbocycles. The van der Waals surface area contributed by atoms with Gasteiger partial charge >= 0.3 is 6.09 Å². The number of aliphatic hydroxyl groups excluding tert-OH is 1. The highest BCUT2D eigenvalue weighted by molar-refractivity contribution is 5.99. The van der Waals surface area contributed by atoms with Gasteiger partial charge in [-0.05, 0) is 57.5 Å². The van der Waals surface area contributed by atoms with Crippen LogP contribution < -0.4 is 15.4 Å². The van der Waals surface area contributed by atoms with Crippen molar-refractivity contribution in [2.24, 2.45) is 0 Å². The molecule has 0 bridgehead atoms. The minimum absolute atomic E-state index is 0.0140. The van der Waals surface area contributed by atoms with E-state index in [-0.39, 0.29) is 6.54 Å². The number of methoxy groups -OCH3 is 1. The van der Waals surface area contributed by atoms with Crippen molar-refractivity contribution in [3.63, 3.8) is 0 Å². The molecule has 9 nitrogen and oxygen atoms in total. The lowest BCUT2D eigenvalue weighted by molar-refractivity contribution is -0.140. The van der Waals surface area contributed by atoms with E-state index < -0.39 is 42.2 Å². The van der Waals surface area contributed by atoms with E-state index in [0.717, 1.165) is 5.56 Å². The van der Waals surface area contributed by atoms with Gasteiger partial charge < -0.3 is 30.1 Å². The van der Waals surface area contributed by atoms with E-state index in [0.29, 0.717) is 17.0 Å². The standard InChI is InChI=1S/C27H35N3O6/c1-7-16-30(25(33)22(17-31)29-26(34)36-27(3,4)5)23(19-10-8-18(2)9-11-19)24(32)28-20-12-14-21(35-6)15-13-20/h7-15,22-23,31H,1,16-17H2,2-6H3,(H,28,32)(H,29,34).